The fourth-order valence-electron chi connectivity index (χ4n) is 3.85. The SMILES string of the molecule is CCOc1ccccc1CNC(=O)C1CCN(Cc2nc(-c3ccc(Br)cc3)no2)CC1. The normalized spacial score (nSPS) is 14.9. The van der Waals surface area contributed by atoms with Crippen molar-refractivity contribution in [2.24, 2.45) is 5.92 Å². The third-order valence-electron chi connectivity index (χ3n) is 5.61. The smallest absolute Gasteiger partial charge is 0.241 e. The van der Waals surface area contributed by atoms with Crippen LogP contribution >= 0.6 is 15.9 Å². The van der Waals surface area contributed by atoms with Gasteiger partial charge in [-0.2, -0.15) is 4.98 Å². The first-order chi connectivity index (χ1) is 15.6. The molecule has 1 aliphatic heterocycles. The van der Waals surface area contributed by atoms with Gasteiger partial charge in [-0.3, -0.25) is 9.69 Å². The first-order valence-electron chi connectivity index (χ1n) is 10.9. The number of carbonyl (C=O) groups is 1. The average molecular weight is 499 g/mol. The van der Waals surface area contributed by atoms with Gasteiger partial charge in [0.2, 0.25) is 17.6 Å². The van der Waals surface area contributed by atoms with E-state index >= 15 is 0 Å². The number of piperidine rings is 1. The summed E-state index contributed by atoms with van der Waals surface area (Å²) in [4.78, 5) is 19.5. The molecular weight excluding hydrogens is 472 g/mol. The maximum Gasteiger partial charge on any atom is 0.241 e. The largest absolute Gasteiger partial charge is 0.494 e. The number of halogens is 1. The molecular formula is C24H27BrN4O3. The third-order valence-corrected chi connectivity index (χ3v) is 6.14. The van der Waals surface area contributed by atoms with Gasteiger partial charge in [0.25, 0.3) is 0 Å². The second kappa shape index (κ2) is 10.7. The molecule has 32 heavy (non-hydrogen) atoms. The third kappa shape index (κ3) is 5.75. The predicted molar refractivity (Wildman–Crippen MR) is 125 cm³/mol. The second-order valence-corrected chi connectivity index (χ2v) is 8.74. The van der Waals surface area contributed by atoms with E-state index in [0.29, 0.717) is 31.4 Å². The van der Waals surface area contributed by atoms with Crippen molar-refractivity contribution in [1.82, 2.24) is 20.4 Å². The van der Waals surface area contributed by atoms with Gasteiger partial charge in [0.1, 0.15) is 5.75 Å². The van der Waals surface area contributed by atoms with Crippen LogP contribution in [0.5, 0.6) is 5.75 Å². The fraction of sp³-hybridized carbons (Fsp3) is 0.375. The lowest BCUT2D eigenvalue weighted by molar-refractivity contribution is -0.126. The molecule has 0 saturated carbocycles. The van der Waals surface area contributed by atoms with Crippen LogP contribution in [0.25, 0.3) is 11.4 Å². The zero-order chi connectivity index (χ0) is 22.3. The van der Waals surface area contributed by atoms with Gasteiger partial charge in [0, 0.05) is 28.1 Å². The summed E-state index contributed by atoms with van der Waals surface area (Å²) >= 11 is 3.43. The summed E-state index contributed by atoms with van der Waals surface area (Å²) in [6.07, 6.45) is 1.62. The molecule has 0 unspecified atom stereocenters. The number of para-hydroxylation sites is 1. The van der Waals surface area contributed by atoms with Crippen molar-refractivity contribution in [1.29, 1.82) is 0 Å². The minimum absolute atomic E-state index is 0.0199. The van der Waals surface area contributed by atoms with Gasteiger partial charge in [-0.15, -0.1) is 0 Å². The van der Waals surface area contributed by atoms with Gasteiger partial charge < -0.3 is 14.6 Å². The fourth-order valence-corrected chi connectivity index (χ4v) is 4.12. The molecule has 1 N–H and O–H groups in total. The number of rotatable bonds is 8. The average Bonchev–Trinajstić information content (AvgIpc) is 3.28. The molecule has 1 fully saturated rings. The summed E-state index contributed by atoms with van der Waals surface area (Å²) in [5.74, 6) is 2.14. The van der Waals surface area contributed by atoms with Gasteiger partial charge in [-0.25, -0.2) is 0 Å². The van der Waals surface area contributed by atoms with E-state index in [1.54, 1.807) is 0 Å². The van der Waals surface area contributed by atoms with Crippen LogP contribution in [-0.2, 0) is 17.9 Å². The molecule has 2 heterocycles. The lowest BCUT2D eigenvalue weighted by Gasteiger charge is -2.30. The molecule has 0 bridgehead atoms. The number of benzene rings is 2. The van der Waals surface area contributed by atoms with Crippen LogP contribution < -0.4 is 10.1 Å². The number of likely N-dealkylation sites (tertiary alicyclic amines) is 1. The van der Waals surface area contributed by atoms with E-state index in [-0.39, 0.29) is 11.8 Å². The van der Waals surface area contributed by atoms with Crippen molar-refractivity contribution in [3.8, 4) is 17.1 Å². The van der Waals surface area contributed by atoms with E-state index in [0.717, 1.165) is 47.3 Å². The predicted octanol–water partition coefficient (Wildman–Crippen LogP) is 4.43. The molecule has 0 spiro atoms. The Kier molecular flexibility index (Phi) is 7.55. The van der Waals surface area contributed by atoms with Crippen molar-refractivity contribution in [2.75, 3.05) is 19.7 Å². The van der Waals surface area contributed by atoms with Crippen molar-refractivity contribution in [3.05, 3.63) is 64.5 Å². The minimum atomic E-state index is 0.0199. The number of nitrogens with one attached hydrogen (secondary N) is 1. The van der Waals surface area contributed by atoms with Crippen LogP contribution in [0.3, 0.4) is 0 Å². The number of carbonyl (C=O) groups excluding carboxylic acids is 1. The number of hydrogen-bond donors (Lipinski definition) is 1. The van der Waals surface area contributed by atoms with Gasteiger partial charge >= 0.3 is 0 Å². The Morgan fingerprint density at radius 3 is 2.69 bits per heavy atom. The van der Waals surface area contributed by atoms with Crippen LogP contribution in [0.4, 0.5) is 0 Å². The molecule has 0 atom stereocenters. The summed E-state index contributed by atoms with van der Waals surface area (Å²) in [5.41, 5.74) is 1.92. The lowest BCUT2D eigenvalue weighted by Crippen LogP contribution is -2.40. The molecule has 8 heteroatoms. The molecule has 0 radical (unpaired) electrons. The summed E-state index contributed by atoms with van der Waals surface area (Å²) in [6, 6.07) is 15.6. The van der Waals surface area contributed by atoms with E-state index < -0.39 is 0 Å². The maximum atomic E-state index is 12.7. The van der Waals surface area contributed by atoms with Crippen molar-refractivity contribution >= 4 is 21.8 Å². The van der Waals surface area contributed by atoms with E-state index in [1.807, 2.05) is 55.5 Å². The van der Waals surface area contributed by atoms with Crippen molar-refractivity contribution in [2.45, 2.75) is 32.9 Å². The number of nitrogens with zero attached hydrogens (tertiary/aromatic N) is 3. The Morgan fingerprint density at radius 1 is 1.19 bits per heavy atom. The molecule has 1 saturated heterocycles. The summed E-state index contributed by atoms with van der Waals surface area (Å²) < 4.78 is 12.1. The monoisotopic (exact) mass is 498 g/mol. The van der Waals surface area contributed by atoms with Gasteiger partial charge in [0.05, 0.1) is 13.2 Å². The van der Waals surface area contributed by atoms with E-state index in [2.05, 4.69) is 36.3 Å². The van der Waals surface area contributed by atoms with Crippen molar-refractivity contribution < 1.29 is 14.1 Å². The molecule has 0 aliphatic carbocycles. The Labute approximate surface area is 196 Å². The molecule has 1 amide bonds. The second-order valence-electron chi connectivity index (χ2n) is 7.83. The highest BCUT2D eigenvalue weighted by Crippen LogP contribution is 2.23. The topological polar surface area (TPSA) is 80.5 Å². The molecule has 168 valence electrons. The Balaban J connectivity index is 1.25. The standard InChI is InChI=1S/C24H27BrN4O3/c1-2-31-21-6-4-3-5-19(21)15-26-24(30)18-11-13-29(14-12-18)16-22-27-23(28-32-22)17-7-9-20(25)10-8-17/h3-10,18H,2,11-16H2,1H3,(H,26,30). The highest BCUT2D eigenvalue weighted by Gasteiger charge is 2.26. The highest BCUT2D eigenvalue weighted by atomic mass is 79.9. The van der Waals surface area contributed by atoms with Gasteiger partial charge in [0.15, 0.2) is 0 Å². The van der Waals surface area contributed by atoms with Gasteiger partial charge in [-0.1, -0.05) is 39.3 Å². The van der Waals surface area contributed by atoms with Crippen LogP contribution in [0.15, 0.2) is 57.5 Å². The number of hydrogen-bond acceptors (Lipinski definition) is 6. The van der Waals surface area contributed by atoms with Crippen LogP contribution in [0, 0.1) is 5.92 Å². The van der Waals surface area contributed by atoms with E-state index in [9.17, 15) is 4.79 Å². The molecule has 1 aliphatic rings. The lowest BCUT2D eigenvalue weighted by atomic mass is 9.96. The Hall–Kier alpha value is -2.71. The molecule has 1 aromatic heterocycles. The van der Waals surface area contributed by atoms with E-state index in [4.69, 9.17) is 9.26 Å². The molecule has 2 aromatic carbocycles. The molecule has 4 rings (SSSR count). The highest BCUT2D eigenvalue weighted by molar-refractivity contribution is 9.10. The molecule has 3 aromatic rings. The summed E-state index contributed by atoms with van der Waals surface area (Å²) in [6.45, 7) is 5.29. The quantitative estimate of drug-likeness (QED) is 0.494. The summed E-state index contributed by atoms with van der Waals surface area (Å²) in [7, 11) is 0. The number of aromatic nitrogens is 2. The minimum Gasteiger partial charge on any atom is -0.494 e. The first-order valence-corrected chi connectivity index (χ1v) is 11.7. The zero-order valence-corrected chi connectivity index (χ0v) is 19.7. The molecule has 7 nitrogen and oxygen atoms in total. The van der Waals surface area contributed by atoms with Crippen LogP contribution in [0.1, 0.15) is 31.2 Å². The number of amides is 1. The first kappa shape index (κ1) is 22.5. The van der Waals surface area contributed by atoms with Crippen molar-refractivity contribution in [3.63, 3.8) is 0 Å². The Morgan fingerprint density at radius 2 is 1.94 bits per heavy atom. The summed E-state index contributed by atoms with van der Waals surface area (Å²) in [5, 5.41) is 7.17. The van der Waals surface area contributed by atoms with Crippen LogP contribution in [0.2, 0.25) is 0 Å². The maximum absolute atomic E-state index is 12.7. The van der Waals surface area contributed by atoms with E-state index in [1.165, 1.54) is 0 Å². The number of ether oxygens (including phenoxy) is 1. The Bertz CT molecular complexity index is 1030. The van der Waals surface area contributed by atoms with Gasteiger partial charge in [-0.05, 0) is 63.2 Å². The zero-order valence-electron chi connectivity index (χ0n) is 18.1. The van der Waals surface area contributed by atoms with Crippen LogP contribution in [-0.4, -0.2) is 40.6 Å².